The first kappa shape index (κ1) is 8.71. The minimum Gasteiger partial charge on any atom is -0.481 e. The molecule has 64 valence electrons. The van der Waals surface area contributed by atoms with Gasteiger partial charge >= 0.3 is 5.97 Å². The van der Waals surface area contributed by atoms with Crippen molar-refractivity contribution in [2.45, 2.75) is 12.8 Å². The van der Waals surface area contributed by atoms with E-state index in [4.69, 9.17) is 5.11 Å². The molecule has 0 saturated heterocycles. The molecule has 1 unspecified atom stereocenters. The van der Waals surface area contributed by atoms with Crippen LogP contribution in [0.3, 0.4) is 0 Å². The fourth-order valence-corrected chi connectivity index (χ4v) is 1.07. The lowest BCUT2D eigenvalue weighted by molar-refractivity contribution is -0.137. The molecule has 1 heterocycles. The highest BCUT2D eigenvalue weighted by atomic mass is 16.4. The third-order valence-corrected chi connectivity index (χ3v) is 1.71. The first-order valence-corrected chi connectivity index (χ1v) is 3.81. The quantitative estimate of drug-likeness (QED) is 0.690. The van der Waals surface area contributed by atoms with Crippen LogP contribution in [0.25, 0.3) is 0 Å². The molecule has 1 aliphatic heterocycles. The van der Waals surface area contributed by atoms with Gasteiger partial charge < -0.3 is 5.11 Å². The normalized spacial score (nSPS) is 21.7. The summed E-state index contributed by atoms with van der Waals surface area (Å²) in [6.45, 7) is 3.57. The van der Waals surface area contributed by atoms with E-state index in [1.807, 2.05) is 6.08 Å². The fourth-order valence-electron chi connectivity index (χ4n) is 1.07. The molecular weight excluding hydrogens is 154 g/mol. The molecule has 0 spiro atoms. The van der Waals surface area contributed by atoms with Crippen molar-refractivity contribution in [3.8, 4) is 0 Å². The van der Waals surface area contributed by atoms with Gasteiger partial charge in [-0.05, 0) is 12.5 Å². The van der Waals surface area contributed by atoms with Gasteiger partial charge in [-0.1, -0.05) is 12.7 Å². The molecule has 0 amide bonds. The van der Waals surface area contributed by atoms with E-state index >= 15 is 0 Å². The Morgan fingerprint density at radius 3 is 3.08 bits per heavy atom. The molecule has 1 aliphatic rings. The Bertz CT molecular complexity index is 253. The molecule has 3 nitrogen and oxygen atoms in total. The van der Waals surface area contributed by atoms with Crippen LogP contribution in [0.5, 0.6) is 0 Å². The Balaban J connectivity index is 2.48. The van der Waals surface area contributed by atoms with Crippen molar-refractivity contribution >= 4 is 12.2 Å². The van der Waals surface area contributed by atoms with Crippen molar-refractivity contribution in [2.24, 2.45) is 10.9 Å². The van der Waals surface area contributed by atoms with E-state index in [1.165, 1.54) is 0 Å². The van der Waals surface area contributed by atoms with Crippen LogP contribution in [0.4, 0.5) is 0 Å². The molecule has 1 rings (SSSR count). The molecule has 0 saturated carbocycles. The number of allylic oxidation sites excluding steroid dienone is 2. The highest BCUT2D eigenvalue weighted by Crippen LogP contribution is 2.15. The summed E-state index contributed by atoms with van der Waals surface area (Å²) in [7, 11) is 0. The van der Waals surface area contributed by atoms with Gasteiger partial charge in [0.25, 0.3) is 0 Å². The van der Waals surface area contributed by atoms with Crippen molar-refractivity contribution in [1.29, 1.82) is 0 Å². The van der Waals surface area contributed by atoms with Crippen molar-refractivity contribution in [1.82, 2.24) is 0 Å². The number of nitrogens with zero attached hydrogens (tertiary/aromatic N) is 1. The molecule has 3 heteroatoms. The lowest BCUT2D eigenvalue weighted by atomic mass is 10.0. The van der Waals surface area contributed by atoms with Gasteiger partial charge in [0.05, 0.1) is 12.1 Å². The standard InChI is InChI=1S/C9H11NO2/c1-2-8-4-3-7(6-10-8)5-9(11)12/h2,4,6-7H,1,3,5H2,(H,11,12). The maximum atomic E-state index is 10.3. The van der Waals surface area contributed by atoms with Crippen LogP contribution < -0.4 is 0 Å². The zero-order valence-electron chi connectivity index (χ0n) is 6.73. The third kappa shape index (κ3) is 2.34. The zero-order chi connectivity index (χ0) is 8.97. The monoisotopic (exact) mass is 165 g/mol. The van der Waals surface area contributed by atoms with E-state index in [-0.39, 0.29) is 12.3 Å². The predicted molar refractivity (Wildman–Crippen MR) is 47.1 cm³/mol. The summed E-state index contributed by atoms with van der Waals surface area (Å²) in [5.41, 5.74) is 0.830. The van der Waals surface area contributed by atoms with Gasteiger partial charge in [0.2, 0.25) is 0 Å². The van der Waals surface area contributed by atoms with Crippen LogP contribution in [0, 0.1) is 5.92 Å². The molecule has 1 atom stereocenters. The minimum atomic E-state index is -0.776. The molecule has 0 aromatic rings. The number of rotatable bonds is 3. The Hall–Kier alpha value is -1.38. The Morgan fingerprint density at radius 1 is 1.92 bits per heavy atom. The largest absolute Gasteiger partial charge is 0.481 e. The topological polar surface area (TPSA) is 49.7 Å². The van der Waals surface area contributed by atoms with E-state index in [0.29, 0.717) is 0 Å². The number of carboxylic acids is 1. The number of hydrogen-bond acceptors (Lipinski definition) is 2. The number of carboxylic acid groups (broad SMARTS) is 1. The Morgan fingerprint density at radius 2 is 2.67 bits per heavy atom. The van der Waals surface area contributed by atoms with Crippen molar-refractivity contribution in [3.05, 3.63) is 24.4 Å². The summed E-state index contributed by atoms with van der Waals surface area (Å²) < 4.78 is 0. The second-order valence-corrected chi connectivity index (χ2v) is 2.70. The van der Waals surface area contributed by atoms with Gasteiger partial charge in [-0.3, -0.25) is 9.79 Å². The number of aliphatic imine (C=N–C) groups is 1. The highest BCUT2D eigenvalue weighted by Gasteiger charge is 2.12. The van der Waals surface area contributed by atoms with Crippen LogP contribution in [0.1, 0.15) is 12.8 Å². The second-order valence-electron chi connectivity index (χ2n) is 2.70. The van der Waals surface area contributed by atoms with Crippen LogP contribution in [0.15, 0.2) is 29.4 Å². The lowest BCUT2D eigenvalue weighted by Crippen LogP contribution is -2.10. The molecule has 0 aromatic heterocycles. The van der Waals surface area contributed by atoms with Crippen LogP contribution in [-0.2, 0) is 4.79 Å². The molecule has 12 heavy (non-hydrogen) atoms. The first-order valence-electron chi connectivity index (χ1n) is 3.81. The molecule has 1 N–H and O–H groups in total. The van der Waals surface area contributed by atoms with Crippen molar-refractivity contribution < 1.29 is 9.90 Å². The van der Waals surface area contributed by atoms with E-state index < -0.39 is 5.97 Å². The average molecular weight is 165 g/mol. The van der Waals surface area contributed by atoms with Gasteiger partial charge in [-0.2, -0.15) is 0 Å². The smallest absolute Gasteiger partial charge is 0.304 e. The van der Waals surface area contributed by atoms with Gasteiger partial charge in [-0.15, -0.1) is 0 Å². The minimum absolute atomic E-state index is 0.0474. The highest BCUT2D eigenvalue weighted by molar-refractivity contribution is 5.74. The summed E-state index contributed by atoms with van der Waals surface area (Å²) in [5, 5.41) is 8.49. The zero-order valence-corrected chi connectivity index (χ0v) is 6.73. The Kier molecular flexibility index (Phi) is 2.80. The average Bonchev–Trinajstić information content (AvgIpc) is 2.05. The van der Waals surface area contributed by atoms with E-state index in [9.17, 15) is 4.79 Å². The van der Waals surface area contributed by atoms with Gasteiger partial charge in [0.1, 0.15) is 0 Å². The molecule has 0 aromatic carbocycles. The summed E-state index contributed by atoms with van der Waals surface area (Å²) in [5.74, 6) is -0.729. The van der Waals surface area contributed by atoms with E-state index in [1.54, 1.807) is 12.3 Å². The summed E-state index contributed by atoms with van der Waals surface area (Å²) in [6, 6.07) is 0. The first-order chi connectivity index (χ1) is 5.72. The molecule has 0 radical (unpaired) electrons. The van der Waals surface area contributed by atoms with Crippen LogP contribution in [0.2, 0.25) is 0 Å². The fraction of sp³-hybridized carbons (Fsp3) is 0.333. The van der Waals surface area contributed by atoms with Crippen LogP contribution in [-0.4, -0.2) is 17.3 Å². The molecule has 0 aliphatic carbocycles. The summed E-state index contributed by atoms with van der Waals surface area (Å²) >= 11 is 0. The van der Waals surface area contributed by atoms with Crippen molar-refractivity contribution in [3.63, 3.8) is 0 Å². The Labute approximate surface area is 71.1 Å². The SMILES string of the molecule is C=CC1=CCC(CC(=O)O)C=N1. The maximum absolute atomic E-state index is 10.3. The molecule has 0 fully saturated rings. The van der Waals surface area contributed by atoms with E-state index in [0.717, 1.165) is 12.1 Å². The molecule has 0 bridgehead atoms. The van der Waals surface area contributed by atoms with Crippen LogP contribution >= 0.6 is 0 Å². The van der Waals surface area contributed by atoms with Gasteiger partial charge in [0, 0.05) is 12.1 Å². The number of carbonyl (C=O) groups is 1. The van der Waals surface area contributed by atoms with E-state index in [2.05, 4.69) is 11.6 Å². The summed E-state index contributed by atoms with van der Waals surface area (Å²) in [4.78, 5) is 14.4. The van der Waals surface area contributed by atoms with Gasteiger partial charge in [0.15, 0.2) is 0 Å². The summed E-state index contributed by atoms with van der Waals surface area (Å²) in [6.07, 6.45) is 6.15. The predicted octanol–water partition coefficient (Wildman–Crippen LogP) is 1.62. The number of aliphatic carboxylic acids is 1. The number of hydrogen-bond donors (Lipinski definition) is 1. The van der Waals surface area contributed by atoms with Gasteiger partial charge in [-0.25, -0.2) is 0 Å². The maximum Gasteiger partial charge on any atom is 0.304 e. The van der Waals surface area contributed by atoms with Crippen molar-refractivity contribution in [2.75, 3.05) is 0 Å². The molecular formula is C9H11NO2. The second kappa shape index (κ2) is 3.85. The third-order valence-electron chi connectivity index (χ3n) is 1.71. The lowest BCUT2D eigenvalue weighted by Gasteiger charge is -2.10.